The molecule has 1 saturated heterocycles. The number of anilines is 1. The second kappa shape index (κ2) is 4.49. The van der Waals surface area contributed by atoms with Gasteiger partial charge in [-0.3, -0.25) is 0 Å². The van der Waals surface area contributed by atoms with E-state index in [2.05, 4.69) is 31.0 Å². The molecule has 3 rings (SSSR count). The molecule has 0 unspecified atom stereocenters. The number of hydrogen-bond acceptors (Lipinski definition) is 4. The van der Waals surface area contributed by atoms with Gasteiger partial charge in [0.25, 0.3) is 0 Å². The van der Waals surface area contributed by atoms with Crippen LogP contribution in [0.1, 0.15) is 12.8 Å². The summed E-state index contributed by atoms with van der Waals surface area (Å²) in [5.74, 6) is 0.577. The van der Waals surface area contributed by atoms with Gasteiger partial charge in [0.05, 0.1) is 0 Å². The molecule has 1 fully saturated rings. The molecule has 4 nitrogen and oxygen atoms in total. The van der Waals surface area contributed by atoms with Crippen molar-refractivity contribution in [3.05, 3.63) is 28.7 Å². The molecule has 1 aromatic heterocycles. The molecule has 88 valence electrons. The second-order valence-corrected chi connectivity index (χ2v) is 5.01. The molecule has 5 heteroatoms. The summed E-state index contributed by atoms with van der Waals surface area (Å²) in [6.45, 7) is 2.03. The summed E-state index contributed by atoms with van der Waals surface area (Å²) in [6, 6.07) is 8.51. The van der Waals surface area contributed by atoms with Gasteiger partial charge in [0.2, 0.25) is 5.89 Å². The predicted octanol–water partition coefficient (Wildman–Crippen LogP) is 3.10. The smallest absolute Gasteiger partial charge is 0.318 e. The van der Waals surface area contributed by atoms with Gasteiger partial charge in [-0.05, 0) is 31.0 Å². The molecular weight excluding hydrogens is 282 g/mol. The summed E-state index contributed by atoms with van der Waals surface area (Å²) in [4.78, 5) is 2.13. The van der Waals surface area contributed by atoms with Gasteiger partial charge in [-0.25, -0.2) is 0 Å². The zero-order valence-electron chi connectivity index (χ0n) is 9.27. The fraction of sp³-hybridized carbons (Fsp3) is 0.333. The van der Waals surface area contributed by atoms with Crippen LogP contribution in [-0.2, 0) is 0 Å². The molecule has 1 aromatic carbocycles. The number of nitrogens with zero attached hydrogens (tertiary/aromatic N) is 3. The van der Waals surface area contributed by atoms with Crippen molar-refractivity contribution in [1.82, 2.24) is 10.2 Å². The van der Waals surface area contributed by atoms with Crippen molar-refractivity contribution in [2.45, 2.75) is 12.8 Å². The highest BCUT2D eigenvalue weighted by Gasteiger charge is 2.18. The first-order valence-corrected chi connectivity index (χ1v) is 6.46. The first-order chi connectivity index (χ1) is 8.33. The SMILES string of the molecule is Brc1cccc(-c2nnc(N3CCCC3)o2)c1. The second-order valence-electron chi connectivity index (χ2n) is 4.09. The van der Waals surface area contributed by atoms with Crippen molar-refractivity contribution < 1.29 is 4.42 Å². The van der Waals surface area contributed by atoms with E-state index in [1.165, 1.54) is 12.8 Å². The first-order valence-electron chi connectivity index (χ1n) is 5.67. The summed E-state index contributed by atoms with van der Waals surface area (Å²) in [5.41, 5.74) is 0.942. The van der Waals surface area contributed by atoms with Gasteiger partial charge in [-0.1, -0.05) is 27.1 Å². The lowest BCUT2D eigenvalue weighted by molar-refractivity contribution is 0.557. The third-order valence-corrected chi connectivity index (χ3v) is 3.36. The summed E-state index contributed by atoms with van der Waals surface area (Å²) < 4.78 is 6.70. The number of halogens is 1. The molecule has 0 radical (unpaired) electrons. The highest BCUT2D eigenvalue weighted by Crippen LogP contribution is 2.25. The molecule has 0 saturated carbocycles. The third-order valence-electron chi connectivity index (χ3n) is 2.86. The number of hydrogen-bond donors (Lipinski definition) is 0. The van der Waals surface area contributed by atoms with Crippen LogP contribution < -0.4 is 4.90 Å². The normalized spacial score (nSPS) is 15.5. The molecule has 0 bridgehead atoms. The standard InChI is InChI=1S/C12H12BrN3O/c13-10-5-3-4-9(8-10)11-14-15-12(17-11)16-6-1-2-7-16/h3-5,8H,1-2,6-7H2. The van der Waals surface area contributed by atoms with Crippen molar-refractivity contribution in [2.24, 2.45) is 0 Å². The van der Waals surface area contributed by atoms with E-state index in [4.69, 9.17) is 4.42 Å². The lowest BCUT2D eigenvalue weighted by Crippen LogP contribution is -2.17. The van der Waals surface area contributed by atoms with Crippen LogP contribution in [0.5, 0.6) is 0 Å². The van der Waals surface area contributed by atoms with E-state index >= 15 is 0 Å². The Morgan fingerprint density at radius 1 is 1.18 bits per heavy atom. The Labute approximate surface area is 108 Å². The van der Waals surface area contributed by atoms with Gasteiger partial charge in [0, 0.05) is 23.1 Å². The largest absolute Gasteiger partial charge is 0.403 e. The summed E-state index contributed by atoms with van der Waals surface area (Å²) in [7, 11) is 0. The van der Waals surface area contributed by atoms with Crippen LogP contribution in [0.15, 0.2) is 33.2 Å². The van der Waals surface area contributed by atoms with Crippen molar-refractivity contribution in [3.8, 4) is 11.5 Å². The van der Waals surface area contributed by atoms with Gasteiger partial charge >= 0.3 is 6.01 Å². The van der Waals surface area contributed by atoms with Crippen LogP contribution in [0.4, 0.5) is 6.01 Å². The van der Waals surface area contributed by atoms with Gasteiger partial charge in [0.1, 0.15) is 0 Å². The fourth-order valence-corrected chi connectivity index (χ4v) is 2.39. The van der Waals surface area contributed by atoms with Crippen LogP contribution in [0.3, 0.4) is 0 Å². The minimum Gasteiger partial charge on any atom is -0.403 e. The fourth-order valence-electron chi connectivity index (χ4n) is 1.99. The highest BCUT2D eigenvalue weighted by molar-refractivity contribution is 9.10. The molecule has 0 aliphatic carbocycles. The van der Waals surface area contributed by atoms with Crippen molar-refractivity contribution in [2.75, 3.05) is 18.0 Å². The Balaban J connectivity index is 1.89. The zero-order chi connectivity index (χ0) is 11.7. The molecular formula is C12H12BrN3O. The molecule has 0 spiro atoms. The van der Waals surface area contributed by atoms with Gasteiger partial charge in [-0.15, -0.1) is 5.10 Å². The third kappa shape index (κ3) is 2.20. The lowest BCUT2D eigenvalue weighted by atomic mass is 10.2. The van der Waals surface area contributed by atoms with E-state index in [1.54, 1.807) is 0 Å². The van der Waals surface area contributed by atoms with Gasteiger partial charge < -0.3 is 9.32 Å². The Bertz CT molecular complexity index is 520. The van der Waals surface area contributed by atoms with Gasteiger partial charge in [-0.2, -0.15) is 0 Å². The lowest BCUT2D eigenvalue weighted by Gasteiger charge is -2.09. The van der Waals surface area contributed by atoms with E-state index in [0.29, 0.717) is 11.9 Å². The number of aromatic nitrogens is 2. The maximum absolute atomic E-state index is 5.69. The van der Waals surface area contributed by atoms with E-state index in [1.807, 2.05) is 24.3 Å². The van der Waals surface area contributed by atoms with Gasteiger partial charge in [0.15, 0.2) is 0 Å². The average molecular weight is 294 g/mol. The Morgan fingerprint density at radius 3 is 2.76 bits per heavy atom. The zero-order valence-corrected chi connectivity index (χ0v) is 10.9. The molecule has 2 heterocycles. The molecule has 2 aromatic rings. The van der Waals surface area contributed by atoms with Crippen LogP contribution >= 0.6 is 15.9 Å². The molecule has 17 heavy (non-hydrogen) atoms. The molecule has 0 atom stereocenters. The van der Waals surface area contributed by atoms with E-state index in [-0.39, 0.29) is 0 Å². The highest BCUT2D eigenvalue weighted by atomic mass is 79.9. The van der Waals surface area contributed by atoms with E-state index in [9.17, 15) is 0 Å². The minimum absolute atomic E-state index is 0.577. The van der Waals surface area contributed by atoms with Crippen LogP contribution in [0.25, 0.3) is 11.5 Å². The molecule has 1 aliphatic heterocycles. The van der Waals surface area contributed by atoms with Crippen LogP contribution in [-0.4, -0.2) is 23.3 Å². The van der Waals surface area contributed by atoms with Crippen molar-refractivity contribution in [1.29, 1.82) is 0 Å². The predicted molar refractivity (Wildman–Crippen MR) is 68.9 cm³/mol. The maximum atomic E-state index is 5.69. The summed E-state index contributed by atoms with van der Waals surface area (Å²) in [5, 5.41) is 8.19. The average Bonchev–Trinajstić information content (AvgIpc) is 3.00. The van der Waals surface area contributed by atoms with Crippen molar-refractivity contribution >= 4 is 21.9 Å². The number of benzene rings is 1. The van der Waals surface area contributed by atoms with E-state index < -0.39 is 0 Å². The first kappa shape index (κ1) is 10.8. The Morgan fingerprint density at radius 2 is 2.00 bits per heavy atom. The number of rotatable bonds is 2. The van der Waals surface area contributed by atoms with Crippen LogP contribution in [0.2, 0.25) is 0 Å². The van der Waals surface area contributed by atoms with Crippen LogP contribution in [0, 0.1) is 0 Å². The molecule has 1 aliphatic rings. The monoisotopic (exact) mass is 293 g/mol. The summed E-state index contributed by atoms with van der Waals surface area (Å²) >= 11 is 3.43. The summed E-state index contributed by atoms with van der Waals surface area (Å²) in [6.07, 6.45) is 2.41. The topological polar surface area (TPSA) is 42.2 Å². The Kier molecular flexibility index (Phi) is 2.84. The maximum Gasteiger partial charge on any atom is 0.318 e. The Hall–Kier alpha value is -1.36. The molecule has 0 amide bonds. The molecule has 0 N–H and O–H groups in total. The van der Waals surface area contributed by atoms with Crippen molar-refractivity contribution in [3.63, 3.8) is 0 Å². The quantitative estimate of drug-likeness (QED) is 0.853. The van der Waals surface area contributed by atoms with E-state index in [0.717, 1.165) is 23.1 Å². The minimum atomic E-state index is 0.577.